The molecule has 10 heteroatoms. The van der Waals surface area contributed by atoms with E-state index in [4.69, 9.17) is 20.6 Å². The zero-order chi connectivity index (χ0) is 20.0. The van der Waals surface area contributed by atoms with Gasteiger partial charge in [-0.05, 0) is 36.8 Å². The highest BCUT2D eigenvalue weighted by molar-refractivity contribution is 7.85. The normalized spacial score (nSPS) is 13.2. The molecule has 0 aliphatic carbocycles. The molecule has 0 aliphatic rings. The highest BCUT2D eigenvalue weighted by atomic mass is 32.2. The lowest BCUT2D eigenvalue weighted by molar-refractivity contribution is -0.144. The van der Waals surface area contributed by atoms with Crippen LogP contribution in [0, 0.1) is 0 Å². The smallest absolute Gasteiger partial charge is 0.325 e. The molecule has 0 aliphatic heterocycles. The first-order valence-corrected chi connectivity index (χ1v) is 8.68. The van der Waals surface area contributed by atoms with Gasteiger partial charge < -0.3 is 15.3 Å². The summed E-state index contributed by atoms with van der Waals surface area (Å²) in [6.45, 7) is 1.43. The van der Waals surface area contributed by atoms with E-state index in [1.165, 1.54) is 37.3 Å². The molecule has 0 amide bonds. The van der Waals surface area contributed by atoms with Crippen molar-refractivity contribution in [2.24, 2.45) is 5.84 Å². The van der Waals surface area contributed by atoms with Gasteiger partial charge >= 0.3 is 5.97 Å². The van der Waals surface area contributed by atoms with Crippen molar-refractivity contribution in [2.75, 3.05) is 0 Å². The Labute approximate surface area is 150 Å². The lowest BCUT2D eigenvalue weighted by atomic mass is 9.93. The Morgan fingerprint density at radius 2 is 1.69 bits per heavy atom. The molecule has 0 radical (unpaired) electrons. The largest absolute Gasteiger partial charge is 0.504 e. The van der Waals surface area contributed by atoms with Gasteiger partial charge in [-0.25, -0.2) is 5.43 Å². The van der Waals surface area contributed by atoms with Gasteiger partial charge in [-0.1, -0.05) is 24.3 Å². The van der Waals surface area contributed by atoms with E-state index < -0.39 is 21.6 Å². The molecule has 0 aromatic heterocycles. The van der Waals surface area contributed by atoms with Crippen molar-refractivity contribution in [3.8, 4) is 11.5 Å². The first-order valence-electron chi connectivity index (χ1n) is 7.24. The first-order chi connectivity index (χ1) is 12.0. The fourth-order valence-electron chi connectivity index (χ4n) is 1.87. The fourth-order valence-corrected chi connectivity index (χ4v) is 2.37. The average Bonchev–Trinajstić information content (AvgIpc) is 2.58. The number of rotatable bonds is 5. The predicted molar refractivity (Wildman–Crippen MR) is 93.1 cm³/mol. The summed E-state index contributed by atoms with van der Waals surface area (Å²) in [5.74, 6) is 3.55. The third-order valence-corrected chi connectivity index (χ3v) is 4.30. The van der Waals surface area contributed by atoms with Crippen LogP contribution in [0.2, 0.25) is 0 Å². The highest BCUT2D eigenvalue weighted by Crippen LogP contribution is 2.26. The van der Waals surface area contributed by atoms with Crippen LogP contribution in [-0.4, -0.2) is 39.8 Å². The van der Waals surface area contributed by atoms with Gasteiger partial charge in [0.15, 0.2) is 11.5 Å². The van der Waals surface area contributed by atoms with Crippen LogP contribution < -0.4 is 11.3 Å². The maximum Gasteiger partial charge on any atom is 0.325 e. The number of aromatic hydroxyl groups is 2. The van der Waals surface area contributed by atoms with Gasteiger partial charge in [-0.3, -0.25) is 15.2 Å². The van der Waals surface area contributed by atoms with E-state index in [-0.39, 0.29) is 22.8 Å². The molecule has 2 rings (SSSR count). The molecule has 2 aromatic carbocycles. The lowest BCUT2D eigenvalue weighted by Gasteiger charge is -2.23. The van der Waals surface area contributed by atoms with Crippen molar-refractivity contribution in [1.29, 1.82) is 0 Å². The molecule has 26 heavy (non-hydrogen) atoms. The zero-order valence-corrected chi connectivity index (χ0v) is 14.6. The molecule has 7 N–H and O–H groups in total. The molecular weight excluding hydrogens is 364 g/mol. The third-order valence-electron chi connectivity index (χ3n) is 3.43. The predicted octanol–water partition coefficient (Wildman–Crippen LogP) is 0.880. The van der Waals surface area contributed by atoms with Crippen LogP contribution in [0.5, 0.6) is 11.5 Å². The first kappa shape index (κ1) is 21.4. The molecular formula is C16H20N2O7S. The Bertz CT molecular complexity index is 856. The molecule has 0 bridgehead atoms. The molecule has 0 saturated heterocycles. The van der Waals surface area contributed by atoms with Crippen molar-refractivity contribution in [3.63, 3.8) is 0 Å². The minimum Gasteiger partial charge on any atom is -0.504 e. The highest BCUT2D eigenvalue weighted by Gasteiger charge is 2.32. The number of phenols is 2. The number of aliphatic carboxylic acids is 1. The number of benzene rings is 2. The van der Waals surface area contributed by atoms with Gasteiger partial charge in [-0.2, -0.15) is 8.42 Å². The van der Waals surface area contributed by atoms with Crippen molar-refractivity contribution in [3.05, 3.63) is 54.1 Å². The number of carbonyl (C=O) groups is 1. The number of carboxylic acid groups (broad SMARTS) is 1. The summed E-state index contributed by atoms with van der Waals surface area (Å²) in [6, 6.07) is 11.5. The second-order valence-corrected chi connectivity index (χ2v) is 6.99. The van der Waals surface area contributed by atoms with Gasteiger partial charge in [0.1, 0.15) is 5.54 Å². The topological polar surface area (TPSA) is 170 Å². The second kappa shape index (κ2) is 8.63. The number of phenolic OH excluding ortho intramolecular Hbond substituents is 2. The summed E-state index contributed by atoms with van der Waals surface area (Å²) in [5, 5.41) is 27.3. The second-order valence-electron chi connectivity index (χ2n) is 5.57. The van der Waals surface area contributed by atoms with Crippen LogP contribution >= 0.6 is 0 Å². The minimum atomic E-state index is -4.00. The summed E-state index contributed by atoms with van der Waals surface area (Å²) < 4.78 is 29.2. The number of carboxylic acids is 1. The Morgan fingerprint density at radius 1 is 1.12 bits per heavy atom. The fraction of sp³-hybridized carbons (Fsp3) is 0.188. The molecule has 1 atom stereocenters. The van der Waals surface area contributed by atoms with Gasteiger partial charge in [0.2, 0.25) is 0 Å². The lowest BCUT2D eigenvalue weighted by Crippen LogP contribution is -2.54. The summed E-state index contributed by atoms with van der Waals surface area (Å²) in [6.07, 6.45) is 0.0900. The monoisotopic (exact) mass is 384 g/mol. The van der Waals surface area contributed by atoms with E-state index in [0.717, 1.165) is 0 Å². The molecule has 0 saturated carbocycles. The Kier molecular flexibility index (Phi) is 7.10. The van der Waals surface area contributed by atoms with E-state index >= 15 is 0 Å². The molecule has 1 unspecified atom stereocenters. The Balaban J connectivity index is 0.000000289. The third kappa shape index (κ3) is 6.01. The van der Waals surface area contributed by atoms with E-state index in [9.17, 15) is 18.3 Å². The zero-order valence-electron chi connectivity index (χ0n) is 13.8. The molecule has 2 aromatic rings. The maximum absolute atomic E-state index is 11.0. The minimum absolute atomic E-state index is 0.0741. The van der Waals surface area contributed by atoms with Gasteiger partial charge in [-0.15, -0.1) is 0 Å². The molecule has 0 spiro atoms. The van der Waals surface area contributed by atoms with Crippen molar-refractivity contribution < 1.29 is 33.1 Å². The molecule has 0 fully saturated rings. The van der Waals surface area contributed by atoms with Crippen LogP contribution in [0.25, 0.3) is 0 Å². The summed E-state index contributed by atoms with van der Waals surface area (Å²) in [4.78, 5) is 10.9. The Hall–Kier alpha value is -2.66. The van der Waals surface area contributed by atoms with Crippen LogP contribution in [0.1, 0.15) is 12.5 Å². The molecule has 9 nitrogen and oxygen atoms in total. The standard InChI is InChI=1S/C10H14N2O4.C6H6O3S/c1-10(12-11,9(15)16)5-6-2-3-7(13)8(14)4-6;7-10(8,9)6-4-2-1-3-5-6/h2-4,12-14H,5,11H2,1H3,(H,15,16);1-5H,(H,7,8,9). The van der Waals surface area contributed by atoms with Crippen molar-refractivity contribution >= 4 is 16.1 Å². The van der Waals surface area contributed by atoms with E-state index in [1.54, 1.807) is 18.2 Å². The summed E-state index contributed by atoms with van der Waals surface area (Å²) >= 11 is 0. The van der Waals surface area contributed by atoms with Crippen LogP contribution in [-0.2, 0) is 21.3 Å². The van der Waals surface area contributed by atoms with Crippen molar-refractivity contribution in [1.82, 2.24) is 5.43 Å². The van der Waals surface area contributed by atoms with Gasteiger partial charge in [0, 0.05) is 6.42 Å². The number of hydrogen-bond donors (Lipinski definition) is 6. The Morgan fingerprint density at radius 3 is 2.08 bits per heavy atom. The summed E-state index contributed by atoms with van der Waals surface area (Å²) in [5.41, 5.74) is 1.45. The van der Waals surface area contributed by atoms with Crippen LogP contribution in [0.3, 0.4) is 0 Å². The number of nitrogens with one attached hydrogen (secondary N) is 1. The average molecular weight is 384 g/mol. The SMILES string of the molecule is CC(Cc1ccc(O)c(O)c1)(NN)C(=O)O.O=S(=O)(O)c1ccccc1. The van der Waals surface area contributed by atoms with Gasteiger partial charge in [0.25, 0.3) is 10.1 Å². The molecule has 0 heterocycles. The number of hydrazine groups is 1. The number of nitrogens with two attached hydrogens (primary N) is 1. The van der Waals surface area contributed by atoms with E-state index in [0.29, 0.717) is 5.56 Å². The van der Waals surface area contributed by atoms with Crippen LogP contribution in [0.4, 0.5) is 0 Å². The van der Waals surface area contributed by atoms with E-state index in [1.807, 2.05) is 0 Å². The number of hydrogen-bond acceptors (Lipinski definition) is 7. The van der Waals surface area contributed by atoms with Crippen LogP contribution in [0.15, 0.2) is 53.4 Å². The van der Waals surface area contributed by atoms with Gasteiger partial charge in [0.05, 0.1) is 4.90 Å². The summed E-state index contributed by atoms with van der Waals surface area (Å²) in [7, 11) is -4.00. The maximum atomic E-state index is 11.0. The molecule has 142 valence electrons. The quantitative estimate of drug-likeness (QED) is 0.189. The van der Waals surface area contributed by atoms with Crippen molar-refractivity contribution in [2.45, 2.75) is 23.8 Å². The van der Waals surface area contributed by atoms with E-state index in [2.05, 4.69) is 5.43 Å².